The highest BCUT2D eigenvalue weighted by Gasteiger charge is 2.10. The first-order chi connectivity index (χ1) is 14.1. The van der Waals surface area contributed by atoms with Crippen LogP contribution in [0.5, 0.6) is 0 Å². The smallest absolute Gasteiger partial charge is 0.257 e. The molecule has 144 valence electrons. The Bertz CT molecular complexity index is 1160. The minimum atomic E-state index is -0.260. The largest absolute Gasteiger partial charge is 0.434 e. The molecule has 2 aromatic carbocycles. The van der Waals surface area contributed by atoms with Crippen molar-refractivity contribution >= 4 is 50.4 Å². The number of fused-ring (bicyclic) bond motifs is 1. The Morgan fingerprint density at radius 2 is 1.93 bits per heavy atom. The normalized spacial score (nSPS) is 10.7. The minimum absolute atomic E-state index is 0.260. The van der Waals surface area contributed by atoms with E-state index in [1.807, 2.05) is 42.5 Å². The van der Waals surface area contributed by atoms with Gasteiger partial charge in [0.2, 0.25) is 5.89 Å². The second-order valence-corrected chi connectivity index (χ2v) is 7.51. The molecular formula is C21H15BrN4O2S. The van der Waals surface area contributed by atoms with Gasteiger partial charge in [-0.05, 0) is 60.2 Å². The molecule has 0 bridgehead atoms. The van der Waals surface area contributed by atoms with E-state index in [9.17, 15) is 4.79 Å². The standard InChI is InChI=1S/C21H15BrN4O2S/c22-16-4-1-3-15(11-16)19(27)26-21(29)24-12-13-6-8-14(9-7-13)20-25-18-17(28-20)5-2-10-23-18/h1-11H,12H2,(H2,24,26,27,29). The summed E-state index contributed by atoms with van der Waals surface area (Å²) in [5, 5.41) is 5.98. The number of hydrogen-bond acceptors (Lipinski definition) is 5. The van der Waals surface area contributed by atoms with E-state index < -0.39 is 0 Å². The lowest BCUT2D eigenvalue weighted by molar-refractivity contribution is 0.0976. The van der Waals surface area contributed by atoms with Gasteiger partial charge in [0.15, 0.2) is 16.3 Å². The molecule has 6 nitrogen and oxygen atoms in total. The zero-order chi connectivity index (χ0) is 20.2. The number of oxazole rings is 1. The number of carbonyl (C=O) groups is 1. The maximum atomic E-state index is 12.2. The monoisotopic (exact) mass is 466 g/mol. The molecule has 0 unspecified atom stereocenters. The number of aromatic nitrogens is 2. The third kappa shape index (κ3) is 4.67. The van der Waals surface area contributed by atoms with Gasteiger partial charge < -0.3 is 9.73 Å². The first kappa shape index (κ1) is 19.2. The summed E-state index contributed by atoms with van der Waals surface area (Å²) in [5.41, 5.74) is 3.62. The van der Waals surface area contributed by atoms with Crippen LogP contribution in [-0.2, 0) is 6.54 Å². The van der Waals surface area contributed by atoms with Gasteiger partial charge in [-0.25, -0.2) is 4.98 Å². The fourth-order valence-electron chi connectivity index (χ4n) is 2.69. The highest BCUT2D eigenvalue weighted by atomic mass is 79.9. The summed E-state index contributed by atoms with van der Waals surface area (Å²) >= 11 is 8.56. The van der Waals surface area contributed by atoms with Gasteiger partial charge in [0.1, 0.15) is 0 Å². The molecule has 2 aromatic heterocycles. The van der Waals surface area contributed by atoms with Gasteiger partial charge in [0.25, 0.3) is 5.91 Å². The van der Waals surface area contributed by atoms with Gasteiger partial charge in [-0.2, -0.15) is 4.98 Å². The van der Waals surface area contributed by atoms with Gasteiger partial charge >= 0.3 is 0 Å². The minimum Gasteiger partial charge on any atom is -0.434 e. The molecule has 0 saturated heterocycles. The molecule has 0 aliphatic carbocycles. The second-order valence-electron chi connectivity index (χ2n) is 6.19. The fourth-order valence-corrected chi connectivity index (χ4v) is 3.25. The molecule has 0 aliphatic rings. The molecule has 29 heavy (non-hydrogen) atoms. The van der Waals surface area contributed by atoms with Gasteiger partial charge in [-0.15, -0.1) is 0 Å². The number of benzene rings is 2. The van der Waals surface area contributed by atoms with Crippen molar-refractivity contribution in [3.05, 3.63) is 82.5 Å². The summed E-state index contributed by atoms with van der Waals surface area (Å²) in [6.07, 6.45) is 1.68. The van der Waals surface area contributed by atoms with Crippen LogP contribution in [0.1, 0.15) is 15.9 Å². The summed E-state index contributed by atoms with van der Waals surface area (Å²) in [4.78, 5) is 20.8. The predicted molar refractivity (Wildman–Crippen MR) is 118 cm³/mol. The molecule has 0 radical (unpaired) electrons. The zero-order valence-electron chi connectivity index (χ0n) is 15.1. The number of thiocarbonyl (C=S) groups is 1. The van der Waals surface area contributed by atoms with Crippen molar-refractivity contribution in [2.45, 2.75) is 6.54 Å². The third-order valence-electron chi connectivity index (χ3n) is 4.13. The van der Waals surface area contributed by atoms with Crippen molar-refractivity contribution in [3.63, 3.8) is 0 Å². The number of pyridine rings is 1. The van der Waals surface area contributed by atoms with Gasteiger partial charge in [0.05, 0.1) is 0 Å². The van der Waals surface area contributed by atoms with Crippen LogP contribution in [0.15, 0.2) is 75.8 Å². The second kappa shape index (κ2) is 8.50. The highest BCUT2D eigenvalue weighted by Crippen LogP contribution is 2.23. The lowest BCUT2D eigenvalue weighted by atomic mass is 10.1. The molecule has 2 N–H and O–H groups in total. The van der Waals surface area contributed by atoms with E-state index in [0.29, 0.717) is 29.2 Å². The number of amides is 1. The number of nitrogens with one attached hydrogen (secondary N) is 2. The van der Waals surface area contributed by atoms with Crippen molar-refractivity contribution in [1.82, 2.24) is 20.6 Å². The van der Waals surface area contributed by atoms with E-state index >= 15 is 0 Å². The average molecular weight is 467 g/mol. The SMILES string of the molecule is O=C(NC(=S)NCc1ccc(-c2nc3ncccc3o2)cc1)c1cccc(Br)c1. The van der Waals surface area contributed by atoms with E-state index in [0.717, 1.165) is 15.6 Å². The summed E-state index contributed by atoms with van der Waals surface area (Å²) in [5.74, 6) is 0.263. The third-order valence-corrected chi connectivity index (χ3v) is 4.87. The first-order valence-electron chi connectivity index (χ1n) is 8.74. The first-order valence-corrected chi connectivity index (χ1v) is 9.94. The Balaban J connectivity index is 1.35. The Labute approximate surface area is 180 Å². The van der Waals surface area contributed by atoms with Crippen LogP contribution >= 0.6 is 28.1 Å². The lowest BCUT2D eigenvalue weighted by Gasteiger charge is -2.10. The number of halogens is 1. The Hall–Kier alpha value is -3.10. The Kier molecular flexibility index (Phi) is 5.64. The van der Waals surface area contributed by atoms with Crippen LogP contribution in [0.4, 0.5) is 0 Å². The molecule has 4 aromatic rings. The molecule has 1 amide bonds. The van der Waals surface area contributed by atoms with Crippen LogP contribution < -0.4 is 10.6 Å². The molecular weight excluding hydrogens is 452 g/mol. The van der Waals surface area contributed by atoms with Crippen LogP contribution in [0, 0.1) is 0 Å². The predicted octanol–water partition coefficient (Wildman–Crippen LogP) is 4.46. The van der Waals surface area contributed by atoms with Crippen LogP contribution in [-0.4, -0.2) is 21.0 Å². The molecule has 0 saturated carbocycles. The van der Waals surface area contributed by atoms with E-state index in [1.165, 1.54) is 0 Å². The number of nitrogens with zero attached hydrogens (tertiary/aromatic N) is 2. The van der Waals surface area contributed by atoms with Crippen molar-refractivity contribution in [2.24, 2.45) is 0 Å². The summed E-state index contributed by atoms with van der Waals surface area (Å²) in [7, 11) is 0. The van der Waals surface area contributed by atoms with Gasteiger partial charge in [-0.3, -0.25) is 10.1 Å². The van der Waals surface area contributed by atoms with Crippen molar-refractivity contribution in [3.8, 4) is 11.5 Å². The lowest BCUT2D eigenvalue weighted by Crippen LogP contribution is -2.38. The van der Waals surface area contributed by atoms with Gasteiger partial charge in [-0.1, -0.05) is 34.1 Å². The van der Waals surface area contributed by atoms with E-state index in [4.69, 9.17) is 16.6 Å². The van der Waals surface area contributed by atoms with E-state index in [1.54, 1.807) is 24.4 Å². The Morgan fingerprint density at radius 3 is 2.69 bits per heavy atom. The van der Waals surface area contributed by atoms with E-state index in [-0.39, 0.29) is 11.0 Å². The van der Waals surface area contributed by atoms with Crippen molar-refractivity contribution in [1.29, 1.82) is 0 Å². The van der Waals surface area contributed by atoms with Crippen molar-refractivity contribution < 1.29 is 9.21 Å². The number of rotatable bonds is 4. The van der Waals surface area contributed by atoms with Crippen LogP contribution in [0.3, 0.4) is 0 Å². The van der Waals surface area contributed by atoms with Crippen LogP contribution in [0.2, 0.25) is 0 Å². The molecule has 0 fully saturated rings. The maximum absolute atomic E-state index is 12.2. The topological polar surface area (TPSA) is 80.0 Å². The quantitative estimate of drug-likeness (QED) is 0.432. The highest BCUT2D eigenvalue weighted by molar-refractivity contribution is 9.10. The fraction of sp³-hybridized carbons (Fsp3) is 0.0476. The molecule has 2 heterocycles. The molecule has 0 spiro atoms. The van der Waals surface area contributed by atoms with E-state index in [2.05, 4.69) is 36.5 Å². The molecule has 4 rings (SSSR count). The zero-order valence-corrected chi connectivity index (χ0v) is 17.5. The van der Waals surface area contributed by atoms with Crippen molar-refractivity contribution in [2.75, 3.05) is 0 Å². The summed E-state index contributed by atoms with van der Waals surface area (Å²) in [6.45, 7) is 0.479. The van der Waals surface area contributed by atoms with Crippen LogP contribution in [0.25, 0.3) is 22.7 Å². The molecule has 8 heteroatoms. The number of hydrogen-bond donors (Lipinski definition) is 2. The maximum Gasteiger partial charge on any atom is 0.257 e. The summed E-state index contributed by atoms with van der Waals surface area (Å²) in [6, 6.07) is 18.5. The molecule has 0 aliphatic heterocycles. The average Bonchev–Trinajstić information content (AvgIpc) is 3.17. The van der Waals surface area contributed by atoms with Gasteiger partial charge in [0, 0.05) is 28.3 Å². The summed E-state index contributed by atoms with van der Waals surface area (Å²) < 4.78 is 6.56. The molecule has 0 atom stereocenters. The number of carbonyl (C=O) groups excluding carboxylic acids is 1. The Morgan fingerprint density at radius 1 is 1.10 bits per heavy atom.